The van der Waals surface area contributed by atoms with Gasteiger partial charge in [0.15, 0.2) is 5.76 Å². The largest absolute Gasteiger partial charge is 0.454 e. The average Bonchev–Trinajstić information content (AvgIpc) is 2.83. The van der Waals surface area contributed by atoms with Gasteiger partial charge in [-0.3, -0.25) is 5.10 Å². The van der Waals surface area contributed by atoms with Crippen LogP contribution in [0, 0.1) is 5.82 Å². The number of furan rings is 1. The Bertz CT molecular complexity index is 656. The molecule has 0 saturated heterocycles. The van der Waals surface area contributed by atoms with Crippen molar-refractivity contribution < 1.29 is 8.81 Å². The Morgan fingerprint density at radius 3 is 2.88 bits per heavy atom. The van der Waals surface area contributed by atoms with Crippen LogP contribution < -0.4 is 5.73 Å². The number of fused-ring (bicyclic) bond motifs is 1. The van der Waals surface area contributed by atoms with E-state index in [0.717, 1.165) is 0 Å². The van der Waals surface area contributed by atoms with E-state index in [4.69, 9.17) is 10.2 Å². The number of aromatic amines is 1. The van der Waals surface area contributed by atoms with E-state index in [1.54, 1.807) is 18.2 Å². The number of anilines is 1. The van der Waals surface area contributed by atoms with Gasteiger partial charge in [0.2, 0.25) is 0 Å². The lowest BCUT2D eigenvalue weighted by atomic mass is 10.2. The lowest BCUT2D eigenvalue weighted by molar-refractivity contribution is 0.617. The minimum atomic E-state index is -0.288. The highest BCUT2D eigenvalue weighted by Gasteiger charge is 2.08. The smallest absolute Gasteiger partial charge is 0.153 e. The average molecular weight is 217 g/mol. The van der Waals surface area contributed by atoms with Crippen molar-refractivity contribution in [2.45, 2.75) is 0 Å². The first-order valence-electron chi connectivity index (χ1n) is 4.73. The lowest BCUT2D eigenvalue weighted by Crippen LogP contribution is -1.81. The number of hydrogen-bond donors (Lipinski definition) is 2. The molecule has 0 bridgehead atoms. The number of halogens is 1. The first-order valence-corrected chi connectivity index (χ1v) is 4.73. The molecule has 80 valence electrons. The highest BCUT2D eigenvalue weighted by atomic mass is 19.1. The van der Waals surface area contributed by atoms with Crippen molar-refractivity contribution in [1.29, 1.82) is 0 Å². The molecule has 4 nitrogen and oxygen atoms in total. The zero-order chi connectivity index (χ0) is 11.1. The summed E-state index contributed by atoms with van der Waals surface area (Å²) in [6, 6.07) is 7.77. The fourth-order valence-corrected chi connectivity index (χ4v) is 1.61. The summed E-state index contributed by atoms with van der Waals surface area (Å²) in [7, 11) is 0. The molecule has 16 heavy (non-hydrogen) atoms. The van der Waals surface area contributed by atoms with Crippen molar-refractivity contribution in [3.63, 3.8) is 0 Å². The van der Waals surface area contributed by atoms with Gasteiger partial charge in [-0.05, 0) is 24.3 Å². The number of nitrogen functional groups attached to an aromatic ring is 1. The fourth-order valence-electron chi connectivity index (χ4n) is 1.61. The first kappa shape index (κ1) is 8.96. The molecule has 3 aromatic rings. The standard InChI is InChI=1S/C11H8FN3O/c12-7-1-2-9-6(3-7)4-10(16-9)8-5-11(13)15-14-8/h1-5H,(H3,13,14,15). The summed E-state index contributed by atoms with van der Waals surface area (Å²) >= 11 is 0. The van der Waals surface area contributed by atoms with Crippen LogP contribution in [0.5, 0.6) is 0 Å². The van der Waals surface area contributed by atoms with Crippen LogP contribution in [0.3, 0.4) is 0 Å². The minimum Gasteiger partial charge on any atom is -0.454 e. The van der Waals surface area contributed by atoms with Crippen LogP contribution >= 0.6 is 0 Å². The Hall–Kier alpha value is -2.30. The Balaban J connectivity index is 2.18. The molecule has 0 fully saturated rings. The molecule has 0 spiro atoms. The second kappa shape index (κ2) is 3.10. The summed E-state index contributed by atoms with van der Waals surface area (Å²) in [5.41, 5.74) is 6.79. The van der Waals surface area contributed by atoms with E-state index in [1.165, 1.54) is 12.1 Å². The van der Waals surface area contributed by atoms with Gasteiger partial charge in [0.05, 0.1) is 0 Å². The van der Waals surface area contributed by atoms with Gasteiger partial charge in [0.1, 0.15) is 22.9 Å². The topological polar surface area (TPSA) is 67.8 Å². The Morgan fingerprint density at radius 2 is 2.12 bits per heavy atom. The van der Waals surface area contributed by atoms with E-state index in [9.17, 15) is 4.39 Å². The molecule has 0 unspecified atom stereocenters. The molecule has 0 radical (unpaired) electrons. The number of hydrogen-bond acceptors (Lipinski definition) is 3. The van der Waals surface area contributed by atoms with Gasteiger partial charge in [0, 0.05) is 11.5 Å². The summed E-state index contributed by atoms with van der Waals surface area (Å²) in [5, 5.41) is 7.25. The summed E-state index contributed by atoms with van der Waals surface area (Å²) in [5.74, 6) is 0.690. The molecule has 3 N–H and O–H groups in total. The number of benzene rings is 1. The molecule has 1 aromatic carbocycles. The van der Waals surface area contributed by atoms with Crippen molar-refractivity contribution in [2.75, 3.05) is 5.73 Å². The third-order valence-corrected chi connectivity index (χ3v) is 2.34. The van der Waals surface area contributed by atoms with Crippen molar-refractivity contribution in [1.82, 2.24) is 10.2 Å². The van der Waals surface area contributed by atoms with Crippen LogP contribution in [0.1, 0.15) is 0 Å². The van der Waals surface area contributed by atoms with Crippen molar-refractivity contribution in [3.8, 4) is 11.5 Å². The maximum Gasteiger partial charge on any atom is 0.153 e. The molecule has 2 aromatic heterocycles. The third-order valence-electron chi connectivity index (χ3n) is 2.34. The highest BCUT2D eigenvalue weighted by Crippen LogP contribution is 2.27. The number of nitrogens with two attached hydrogens (primary N) is 1. The van der Waals surface area contributed by atoms with Gasteiger partial charge in [-0.1, -0.05) is 0 Å². The van der Waals surface area contributed by atoms with Gasteiger partial charge in [0.25, 0.3) is 0 Å². The number of nitrogens with one attached hydrogen (secondary N) is 1. The van der Waals surface area contributed by atoms with Crippen molar-refractivity contribution >= 4 is 16.8 Å². The minimum absolute atomic E-state index is 0.288. The van der Waals surface area contributed by atoms with Crippen molar-refractivity contribution in [3.05, 3.63) is 36.1 Å². The molecular weight excluding hydrogens is 209 g/mol. The van der Waals surface area contributed by atoms with Crippen LogP contribution in [-0.2, 0) is 0 Å². The SMILES string of the molecule is Nc1cc(-c2cc3cc(F)ccc3o2)[nH]n1. The molecule has 3 rings (SSSR count). The molecule has 0 aliphatic heterocycles. The van der Waals surface area contributed by atoms with Gasteiger partial charge in [-0.15, -0.1) is 0 Å². The molecule has 5 heteroatoms. The van der Waals surface area contributed by atoms with E-state index >= 15 is 0 Å². The number of aromatic nitrogens is 2. The highest BCUT2D eigenvalue weighted by molar-refractivity contribution is 5.82. The number of rotatable bonds is 1. The third kappa shape index (κ3) is 1.33. The number of H-pyrrole nitrogens is 1. The second-order valence-corrected chi connectivity index (χ2v) is 3.50. The monoisotopic (exact) mass is 217 g/mol. The molecular formula is C11H8FN3O. The Labute approximate surface area is 89.9 Å². The quantitative estimate of drug-likeness (QED) is 0.658. The normalized spacial score (nSPS) is 11.1. The molecule has 0 aliphatic rings. The summed E-state index contributed by atoms with van der Waals surface area (Å²) in [4.78, 5) is 0. The predicted molar refractivity (Wildman–Crippen MR) is 58.2 cm³/mol. The second-order valence-electron chi connectivity index (χ2n) is 3.50. The van der Waals surface area contributed by atoms with Crippen LogP contribution in [0.15, 0.2) is 34.7 Å². The zero-order valence-corrected chi connectivity index (χ0v) is 8.20. The van der Waals surface area contributed by atoms with E-state index in [1.807, 2.05) is 0 Å². The van der Waals surface area contributed by atoms with E-state index in [-0.39, 0.29) is 5.82 Å². The van der Waals surface area contributed by atoms with Crippen LogP contribution in [0.25, 0.3) is 22.4 Å². The fraction of sp³-hybridized carbons (Fsp3) is 0. The van der Waals surface area contributed by atoms with Gasteiger partial charge in [-0.2, -0.15) is 5.10 Å². The van der Waals surface area contributed by atoms with Crippen LogP contribution in [0.4, 0.5) is 10.2 Å². The predicted octanol–water partition coefficient (Wildman–Crippen LogP) is 2.54. The van der Waals surface area contributed by atoms with Gasteiger partial charge in [-0.25, -0.2) is 4.39 Å². The molecule has 0 aliphatic carbocycles. The van der Waals surface area contributed by atoms with Crippen molar-refractivity contribution in [2.24, 2.45) is 0 Å². The Morgan fingerprint density at radius 1 is 1.25 bits per heavy atom. The number of nitrogens with zero attached hydrogens (tertiary/aromatic N) is 1. The zero-order valence-electron chi connectivity index (χ0n) is 8.20. The maximum absolute atomic E-state index is 13.0. The molecule has 0 saturated carbocycles. The molecule has 0 amide bonds. The van der Waals surface area contributed by atoms with E-state index in [2.05, 4.69) is 10.2 Å². The van der Waals surface area contributed by atoms with E-state index < -0.39 is 0 Å². The van der Waals surface area contributed by atoms with E-state index in [0.29, 0.717) is 28.2 Å². The Kier molecular flexibility index (Phi) is 1.73. The lowest BCUT2D eigenvalue weighted by Gasteiger charge is -1.87. The van der Waals surface area contributed by atoms with Crippen LogP contribution in [-0.4, -0.2) is 10.2 Å². The summed E-state index contributed by atoms with van der Waals surface area (Å²) in [6.07, 6.45) is 0. The molecule has 2 heterocycles. The molecule has 0 atom stereocenters. The first-order chi connectivity index (χ1) is 7.72. The summed E-state index contributed by atoms with van der Waals surface area (Å²) < 4.78 is 18.5. The van der Waals surface area contributed by atoms with Crippen LogP contribution in [0.2, 0.25) is 0 Å². The van der Waals surface area contributed by atoms with Gasteiger partial charge >= 0.3 is 0 Å². The van der Waals surface area contributed by atoms with Gasteiger partial charge < -0.3 is 10.2 Å². The summed E-state index contributed by atoms with van der Waals surface area (Å²) in [6.45, 7) is 0. The maximum atomic E-state index is 13.0.